The fourth-order valence-corrected chi connectivity index (χ4v) is 4.63. The highest BCUT2D eigenvalue weighted by Gasteiger charge is 2.32. The zero-order valence-corrected chi connectivity index (χ0v) is 20.3. The molecule has 1 saturated heterocycles. The molecule has 5 rings (SSSR count). The fourth-order valence-electron chi connectivity index (χ4n) is 4.63. The summed E-state index contributed by atoms with van der Waals surface area (Å²) >= 11 is 0. The van der Waals surface area contributed by atoms with Crippen molar-refractivity contribution in [1.29, 1.82) is 0 Å². The second-order valence-corrected chi connectivity index (χ2v) is 8.92. The third-order valence-electron chi connectivity index (χ3n) is 6.44. The van der Waals surface area contributed by atoms with Gasteiger partial charge in [0, 0.05) is 41.3 Å². The van der Waals surface area contributed by atoms with Crippen molar-refractivity contribution in [3.8, 4) is 11.1 Å². The smallest absolute Gasteiger partial charge is 0.256 e. The first-order valence-electron chi connectivity index (χ1n) is 12.0. The minimum Gasteiger partial charge on any atom is -0.329 e. The third kappa shape index (κ3) is 4.97. The summed E-state index contributed by atoms with van der Waals surface area (Å²) in [6.45, 7) is 5.97. The molecule has 0 unspecified atom stereocenters. The number of benzene rings is 2. The molecule has 4 aromatic rings. The number of aromatic amines is 1. The lowest BCUT2D eigenvalue weighted by Gasteiger charge is -2.22. The van der Waals surface area contributed by atoms with Crippen LogP contribution in [0.5, 0.6) is 0 Å². The van der Waals surface area contributed by atoms with Crippen molar-refractivity contribution in [3.63, 3.8) is 0 Å². The molecule has 2 aromatic carbocycles. The van der Waals surface area contributed by atoms with Gasteiger partial charge in [-0.3, -0.25) is 14.4 Å². The Labute approximate surface area is 213 Å². The molecule has 9 heteroatoms. The standard InChI is InChI=1S/C28H26N6O3/c1-3-24(35)34-13-5-8-23(34)26(36)31-20-6-4-7-21(15-20)32-28-30-16-19-14-18(9-10-22(19)33-28)25-17(2)11-12-29-27(25)37/h3-4,6-7,9-12,14-16,23H,1,5,8,13H2,2H3,(H,29,37)(H,31,36)(H,30,32,33)/t23-/m0/s1. The number of rotatable bonds is 6. The van der Waals surface area contributed by atoms with Gasteiger partial charge in [0.25, 0.3) is 5.56 Å². The quantitative estimate of drug-likeness (QED) is 0.346. The summed E-state index contributed by atoms with van der Waals surface area (Å²) in [6.07, 6.45) is 5.98. The van der Waals surface area contributed by atoms with E-state index in [1.165, 1.54) is 6.08 Å². The van der Waals surface area contributed by atoms with E-state index < -0.39 is 6.04 Å². The molecule has 0 aliphatic carbocycles. The van der Waals surface area contributed by atoms with Crippen molar-refractivity contribution in [3.05, 3.63) is 89.5 Å². The van der Waals surface area contributed by atoms with Crippen molar-refractivity contribution in [2.75, 3.05) is 17.2 Å². The molecule has 1 aliphatic heterocycles. The highest BCUT2D eigenvalue weighted by molar-refractivity contribution is 5.99. The van der Waals surface area contributed by atoms with Gasteiger partial charge in [0.2, 0.25) is 17.8 Å². The maximum absolute atomic E-state index is 12.8. The van der Waals surface area contributed by atoms with Crippen molar-refractivity contribution >= 4 is 40.0 Å². The van der Waals surface area contributed by atoms with E-state index in [0.717, 1.165) is 28.5 Å². The van der Waals surface area contributed by atoms with E-state index >= 15 is 0 Å². The van der Waals surface area contributed by atoms with Crippen LogP contribution < -0.4 is 16.2 Å². The molecule has 2 aromatic heterocycles. The number of carbonyl (C=O) groups is 2. The average molecular weight is 495 g/mol. The molecule has 0 saturated carbocycles. The lowest BCUT2D eigenvalue weighted by molar-refractivity contribution is -0.132. The van der Waals surface area contributed by atoms with E-state index in [2.05, 4.69) is 32.2 Å². The number of aryl methyl sites for hydroxylation is 1. The number of nitrogens with one attached hydrogen (secondary N) is 3. The molecule has 1 fully saturated rings. The number of amides is 2. The summed E-state index contributed by atoms with van der Waals surface area (Å²) in [6, 6.07) is 14.2. The van der Waals surface area contributed by atoms with Crippen LogP contribution in [0, 0.1) is 6.92 Å². The third-order valence-corrected chi connectivity index (χ3v) is 6.44. The number of anilines is 3. The molecule has 1 aliphatic rings. The second kappa shape index (κ2) is 10.1. The number of likely N-dealkylation sites (tertiary alicyclic amines) is 1. The summed E-state index contributed by atoms with van der Waals surface area (Å²) < 4.78 is 0. The predicted octanol–water partition coefficient (Wildman–Crippen LogP) is 4.15. The molecule has 186 valence electrons. The highest BCUT2D eigenvalue weighted by atomic mass is 16.2. The van der Waals surface area contributed by atoms with Crippen LogP contribution in [-0.2, 0) is 9.59 Å². The monoisotopic (exact) mass is 494 g/mol. The average Bonchev–Trinajstić information content (AvgIpc) is 3.39. The summed E-state index contributed by atoms with van der Waals surface area (Å²) in [5, 5.41) is 6.88. The number of hydrogen-bond acceptors (Lipinski definition) is 6. The minimum atomic E-state index is -0.508. The van der Waals surface area contributed by atoms with E-state index in [1.54, 1.807) is 29.4 Å². The van der Waals surface area contributed by atoms with Gasteiger partial charge in [-0.05, 0) is 73.4 Å². The number of pyridine rings is 1. The van der Waals surface area contributed by atoms with Gasteiger partial charge in [-0.1, -0.05) is 18.7 Å². The minimum absolute atomic E-state index is 0.140. The van der Waals surface area contributed by atoms with Crippen LogP contribution in [0.1, 0.15) is 18.4 Å². The van der Waals surface area contributed by atoms with Crippen molar-refractivity contribution < 1.29 is 9.59 Å². The Morgan fingerprint density at radius 1 is 1.16 bits per heavy atom. The molecular weight excluding hydrogens is 468 g/mol. The van der Waals surface area contributed by atoms with Crippen LogP contribution in [0.15, 0.2) is 78.4 Å². The van der Waals surface area contributed by atoms with Gasteiger partial charge in [-0.25, -0.2) is 9.97 Å². The van der Waals surface area contributed by atoms with E-state index in [0.29, 0.717) is 35.9 Å². The number of fused-ring (bicyclic) bond motifs is 1. The predicted molar refractivity (Wildman–Crippen MR) is 144 cm³/mol. The summed E-state index contributed by atoms with van der Waals surface area (Å²) in [5.74, 6) is -0.0644. The zero-order valence-electron chi connectivity index (χ0n) is 20.3. The van der Waals surface area contributed by atoms with Gasteiger partial charge in [-0.2, -0.15) is 0 Å². The van der Waals surface area contributed by atoms with Gasteiger partial charge in [0.1, 0.15) is 6.04 Å². The topological polar surface area (TPSA) is 120 Å². The maximum Gasteiger partial charge on any atom is 0.256 e. The molecule has 0 radical (unpaired) electrons. The van der Waals surface area contributed by atoms with Crippen LogP contribution in [0.2, 0.25) is 0 Å². The Hall–Kier alpha value is -4.79. The lowest BCUT2D eigenvalue weighted by Crippen LogP contribution is -2.42. The molecule has 0 bridgehead atoms. The van der Waals surface area contributed by atoms with Crippen LogP contribution in [0.3, 0.4) is 0 Å². The zero-order chi connectivity index (χ0) is 25.9. The summed E-state index contributed by atoms with van der Waals surface area (Å²) in [5.41, 5.74) is 4.20. The molecular formula is C28H26N6O3. The number of aromatic nitrogens is 3. The largest absolute Gasteiger partial charge is 0.329 e. The van der Waals surface area contributed by atoms with Gasteiger partial charge >= 0.3 is 0 Å². The van der Waals surface area contributed by atoms with Crippen LogP contribution in [0.25, 0.3) is 22.0 Å². The first kappa shape index (κ1) is 23.9. The Morgan fingerprint density at radius 2 is 2.00 bits per heavy atom. The molecule has 9 nitrogen and oxygen atoms in total. The number of nitrogens with zero attached hydrogens (tertiary/aromatic N) is 3. The molecule has 0 spiro atoms. The summed E-state index contributed by atoms with van der Waals surface area (Å²) in [7, 11) is 0. The Kier molecular flexibility index (Phi) is 6.51. The fraction of sp³-hybridized carbons (Fsp3) is 0.179. The van der Waals surface area contributed by atoms with Crippen LogP contribution in [0.4, 0.5) is 17.3 Å². The first-order valence-corrected chi connectivity index (χ1v) is 12.0. The molecule has 1 atom stereocenters. The number of H-pyrrole nitrogens is 1. The van der Waals surface area contributed by atoms with E-state index in [1.807, 2.05) is 43.3 Å². The van der Waals surface area contributed by atoms with Gasteiger partial charge in [0.15, 0.2) is 0 Å². The highest BCUT2D eigenvalue weighted by Crippen LogP contribution is 2.25. The van der Waals surface area contributed by atoms with Crippen molar-refractivity contribution in [2.45, 2.75) is 25.8 Å². The van der Waals surface area contributed by atoms with Crippen molar-refractivity contribution in [2.24, 2.45) is 0 Å². The normalized spacial score (nSPS) is 14.9. The molecule has 37 heavy (non-hydrogen) atoms. The van der Waals surface area contributed by atoms with Gasteiger partial charge in [-0.15, -0.1) is 0 Å². The van der Waals surface area contributed by atoms with Gasteiger partial charge < -0.3 is 20.5 Å². The molecule has 3 N–H and O–H groups in total. The van der Waals surface area contributed by atoms with Crippen LogP contribution in [-0.4, -0.2) is 44.3 Å². The number of hydrogen-bond donors (Lipinski definition) is 3. The first-order chi connectivity index (χ1) is 17.9. The Balaban J connectivity index is 1.32. The Bertz CT molecular complexity index is 1580. The number of carbonyl (C=O) groups excluding carboxylic acids is 2. The second-order valence-electron chi connectivity index (χ2n) is 8.92. The SMILES string of the molecule is C=CC(=O)N1CCC[C@H]1C(=O)Nc1cccc(Nc2ncc3cc(-c4c(C)cc[nH]c4=O)ccc3n2)c1. The molecule has 2 amide bonds. The van der Waals surface area contributed by atoms with Crippen LogP contribution >= 0.6 is 0 Å². The van der Waals surface area contributed by atoms with Crippen molar-refractivity contribution in [1.82, 2.24) is 19.9 Å². The Morgan fingerprint density at radius 3 is 2.81 bits per heavy atom. The van der Waals surface area contributed by atoms with Gasteiger partial charge in [0.05, 0.1) is 5.52 Å². The van der Waals surface area contributed by atoms with E-state index in [9.17, 15) is 14.4 Å². The lowest BCUT2D eigenvalue weighted by atomic mass is 10.0. The maximum atomic E-state index is 12.8. The van der Waals surface area contributed by atoms with E-state index in [4.69, 9.17) is 0 Å². The molecule has 3 heterocycles. The summed E-state index contributed by atoms with van der Waals surface area (Å²) in [4.78, 5) is 50.5. The van der Waals surface area contributed by atoms with E-state index in [-0.39, 0.29) is 17.4 Å².